The quantitative estimate of drug-likeness (QED) is 0.760. The Kier molecular flexibility index (Phi) is 3.56. The molecule has 0 saturated heterocycles. The van der Waals surface area contributed by atoms with E-state index in [1.807, 2.05) is 24.3 Å². The van der Waals surface area contributed by atoms with Gasteiger partial charge in [0.2, 0.25) is 5.95 Å². The van der Waals surface area contributed by atoms with E-state index in [9.17, 15) is 0 Å². The smallest absolute Gasteiger partial charge is 0.223 e. The molecule has 0 atom stereocenters. The maximum atomic E-state index is 5.48. The second-order valence-electron chi connectivity index (χ2n) is 4.51. The lowest BCUT2D eigenvalue weighted by Crippen LogP contribution is -2.14. The number of nitrogens with one attached hydrogen (secondary N) is 1. The van der Waals surface area contributed by atoms with E-state index in [-0.39, 0.29) is 0 Å². The Labute approximate surface area is 117 Å². The highest BCUT2D eigenvalue weighted by Crippen LogP contribution is 2.27. The summed E-state index contributed by atoms with van der Waals surface area (Å²) < 4.78 is 0. The summed E-state index contributed by atoms with van der Waals surface area (Å²) >= 11 is 0. The Bertz CT molecular complexity index is 719. The first kappa shape index (κ1) is 12.6. The summed E-state index contributed by atoms with van der Waals surface area (Å²) in [6.45, 7) is 1.22. The summed E-state index contributed by atoms with van der Waals surface area (Å²) in [5.41, 5.74) is 7.51. The third-order valence-electron chi connectivity index (χ3n) is 3.15. The molecular formula is C16H16N4. The summed E-state index contributed by atoms with van der Waals surface area (Å²) in [6.07, 6.45) is 1.77. The molecule has 3 aromatic rings. The molecule has 100 valence electrons. The van der Waals surface area contributed by atoms with Gasteiger partial charge in [0, 0.05) is 24.8 Å². The van der Waals surface area contributed by atoms with Gasteiger partial charge >= 0.3 is 0 Å². The number of benzene rings is 2. The van der Waals surface area contributed by atoms with Gasteiger partial charge in [-0.05, 0) is 16.8 Å². The predicted molar refractivity (Wildman–Crippen MR) is 82.5 cm³/mol. The molecule has 0 amide bonds. The van der Waals surface area contributed by atoms with Crippen LogP contribution in [0.5, 0.6) is 0 Å². The minimum atomic E-state index is 0.557. The normalized spacial score (nSPS) is 10.7. The summed E-state index contributed by atoms with van der Waals surface area (Å²) in [6, 6.07) is 16.5. The standard InChI is InChI=1S/C16H16N4/c17-9-11-19-16-18-10-8-15(20-16)14-7-3-5-12-4-1-2-6-13(12)14/h1-8,10H,9,11,17H2,(H,18,19,20). The first-order valence-corrected chi connectivity index (χ1v) is 6.63. The van der Waals surface area contributed by atoms with Crippen LogP contribution in [0.1, 0.15) is 0 Å². The third kappa shape index (κ3) is 2.46. The number of hydrogen-bond donors (Lipinski definition) is 2. The molecule has 4 heteroatoms. The average Bonchev–Trinajstić information content (AvgIpc) is 2.52. The maximum absolute atomic E-state index is 5.48. The van der Waals surface area contributed by atoms with E-state index < -0.39 is 0 Å². The van der Waals surface area contributed by atoms with Gasteiger partial charge in [0.25, 0.3) is 0 Å². The average molecular weight is 264 g/mol. The van der Waals surface area contributed by atoms with Crippen molar-refractivity contribution in [2.24, 2.45) is 5.73 Å². The molecule has 0 aliphatic carbocycles. The fourth-order valence-corrected chi connectivity index (χ4v) is 2.23. The van der Waals surface area contributed by atoms with Crippen LogP contribution in [-0.2, 0) is 0 Å². The van der Waals surface area contributed by atoms with Crippen molar-refractivity contribution in [2.45, 2.75) is 0 Å². The highest BCUT2D eigenvalue weighted by molar-refractivity contribution is 5.95. The van der Waals surface area contributed by atoms with Gasteiger partial charge in [0.15, 0.2) is 0 Å². The van der Waals surface area contributed by atoms with E-state index >= 15 is 0 Å². The van der Waals surface area contributed by atoms with Crippen molar-refractivity contribution in [1.29, 1.82) is 0 Å². The number of anilines is 1. The van der Waals surface area contributed by atoms with Crippen LogP contribution in [0.15, 0.2) is 54.7 Å². The highest BCUT2D eigenvalue weighted by Gasteiger charge is 2.05. The Morgan fingerprint density at radius 1 is 1.00 bits per heavy atom. The van der Waals surface area contributed by atoms with Crippen molar-refractivity contribution in [2.75, 3.05) is 18.4 Å². The van der Waals surface area contributed by atoms with Gasteiger partial charge in [-0.2, -0.15) is 0 Å². The third-order valence-corrected chi connectivity index (χ3v) is 3.15. The molecule has 2 aromatic carbocycles. The van der Waals surface area contributed by atoms with Crippen molar-refractivity contribution < 1.29 is 0 Å². The molecule has 0 aliphatic rings. The van der Waals surface area contributed by atoms with Crippen LogP contribution in [0, 0.1) is 0 Å². The largest absolute Gasteiger partial charge is 0.353 e. The predicted octanol–water partition coefficient (Wildman–Crippen LogP) is 2.67. The van der Waals surface area contributed by atoms with Crippen molar-refractivity contribution in [3.8, 4) is 11.3 Å². The zero-order valence-corrected chi connectivity index (χ0v) is 11.1. The second-order valence-corrected chi connectivity index (χ2v) is 4.51. The summed E-state index contributed by atoms with van der Waals surface area (Å²) in [4.78, 5) is 8.76. The molecule has 0 unspecified atom stereocenters. The number of nitrogens with zero attached hydrogens (tertiary/aromatic N) is 2. The Morgan fingerprint density at radius 2 is 1.85 bits per heavy atom. The Morgan fingerprint density at radius 3 is 2.75 bits per heavy atom. The molecule has 0 fully saturated rings. The first-order valence-electron chi connectivity index (χ1n) is 6.63. The van der Waals surface area contributed by atoms with Gasteiger partial charge < -0.3 is 11.1 Å². The van der Waals surface area contributed by atoms with E-state index in [4.69, 9.17) is 5.73 Å². The molecule has 1 aromatic heterocycles. The molecule has 3 rings (SSSR count). The summed E-state index contributed by atoms with van der Waals surface area (Å²) in [5, 5.41) is 5.51. The number of nitrogens with two attached hydrogens (primary N) is 1. The van der Waals surface area contributed by atoms with E-state index in [0.29, 0.717) is 19.0 Å². The lowest BCUT2D eigenvalue weighted by molar-refractivity contribution is 0.990. The maximum Gasteiger partial charge on any atom is 0.223 e. The van der Waals surface area contributed by atoms with Gasteiger partial charge in [-0.25, -0.2) is 9.97 Å². The van der Waals surface area contributed by atoms with Crippen LogP contribution in [0.25, 0.3) is 22.0 Å². The van der Waals surface area contributed by atoms with Crippen molar-refractivity contribution in [3.05, 3.63) is 54.7 Å². The molecule has 1 heterocycles. The summed E-state index contributed by atoms with van der Waals surface area (Å²) in [7, 11) is 0. The van der Waals surface area contributed by atoms with Crippen LogP contribution < -0.4 is 11.1 Å². The van der Waals surface area contributed by atoms with Gasteiger partial charge in [0.05, 0.1) is 5.69 Å². The molecule has 0 aliphatic heterocycles. The first-order chi connectivity index (χ1) is 9.88. The van der Waals surface area contributed by atoms with Gasteiger partial charge in [-0.15, -0.1) is 0 Å². The van der Waals surface area contributed by atoms with E-state index in [1.54, 1.807) is 6.20 Å². The molecule has 0 radical (unpaired) electrons. The molecular weight excluding hydrogens is 248 g/mol. The van der Waals surface area contributed by atoms with E-state index in [0.717, 1.165) is 11.3 Å². The number of aromatic nitrogens is 2. The topological polar surface area (TPSA) is 63.8 Å². The van der Waals surface area contributed by atoms with Crippen LogP contribution >= 0.6 is 0 Å². The van der Waals surface area contributed by atoms with Crippen LogP contribution in [0.3, 0.4) is 0 Å². The number of fused-ring (bicyclic) bond motifs is 1. The molecule has 20 heavy (non-hydrogen) atoms. The molecule has 0 spiro atoms. The number of hydrogen-bond acceptors (Lipinski definition) is 4. The summed E-state index contributed by atoms with van der Waals surface area (Å²) in [5.74, 6) is 0.612. The van der Waals surface area contributed by atoms with Crippen molar-refractivity contribution >= 4 is 16.7 Å². The second kappa shape index (κ2) is 5.67. The van der Waals surface area contributed by atoms with Crippen molar-refractivity contribution in [3.63, 3.8) is 0 Å². The zero-order valence-electron chi connectivity index (χ0n) is 11.1. The number of rotatable bonds is 4. The molecule has 4 nitrogen and oxygen atoms in total. The van der Waals surface area contributed by atoms with Crippen LogP contribution in [0.2, 0.25) is 0 Å². The van der Waals surface area contributed by atoms with Crippen LogP contribution in [0.4, 0.5) is 5.95 Å². The van der Waals surface area contributed by atoms with Gasteiger partial charge in [0.1, 0.15) is 0 Å². The molecule has 3 N–H and O–H groups in total. The molecule has 0 bridgehead atoms. The molecule has 0 saturated carbocycles. The lowest BCUT2D eigenvalue weighted by Gasteiger charge is -2.08. The Hall–Kier alpha value is -2.46. The van der Waals surface area contributed by atoms with E-state index in [2.05, 4.69) is 39.6 Å². The fourth-order valence-electron chi connectivity index (χ4n) is 2.23. The Balaban J connectivity index is 2.06. The van der Waals surface area contributed by atoms with E-state index in [1.165, 1.54) is 10.8 Å². The van der Waals surface area contributed by atoms with Crippen LogP contribution in [-0.4, -0.2) is 23.1 Å². The lowest BCUT2D eigenvalue weighted by atomic mass is 10.0. The zero-order chi connectivity index (χ0) is 13.8. The SMILES string of the molecule is NCCNc1nccc(-c2cccc3ccccc23)n1. The monoisotopic (exact) mass is 264 g/mol. The fraction of sp³-hybridized carbons (Fsp3) is 0.125. The van der Waals surface area contributed by atoms with Crippen molar-refractivity contribution in [1.82, 2.24) is 9.97 Å². The minimum Gasteiger partial charge on any atom is -0.353 e. The van der Waals surface area contributed by atoms with Gasteiger partial charge in [-0.3, -0.25) is 0 Å². The van der Waals surface area contributed by atoms with Gasteiger partial charge in [-0.1, -0.05) is 42.5 Å². The highest BCUT2D eigenvalue weighted by atomic mass is 15.1. The minimum absolute atomic E-state index is 0.557.